The number of nitrogens with one attached hydrogen (secondary N) is 4. The molecule has 0 bridgehead atoms. The lowest BCUT2D eigenvalue weighted by atomic mass is 10.2. The van der Waals surface area contributed by atoms with Crippen LogP contribution in [0.3, 0.4) is 0 Å². The Morgan fingerprint density at radius 1 is 0.633 bits per heavy atom. The first kappa shape index (κ1) is 20.7. The molecule has 0 aliphatic carbocycles. The molecule has 0 saturated heterocycles. The maximum Gasteiger partial charge on any atom is 0.200 e. The number of aromatic amines is 2. The molecule has 2 aromatic carbocycles. The first-order valence-corrected chi connectivity index (χ1v) is 11.4. The Morgan fingerprint density at radius 2 is 1.03 bits per heavy atom. The van der Waals surface area contributed by atoms with Crippen molar-refractivity contribution in [2.24, 2.45) is 0 Å². The molecule has 30 heavy (non-hydrogen) atoms. The van der Waals surface area contributed by atoms with Gasteiger partial charge in [0, 0.05) is 22.0 Å². The lowest BCUT2D eigenvalue weighted by Crippen LogP contribution is -2.07. The van der Waals surface area contributed by atoms with Crippen LogP contribution < -0.4 is 10.6 Å². The van der Waals surface area contributed by atoms with Crippen LogP contribution in [0.25, 0.3) is 22.5 Å². The van der Waals surface area contributed by atoms with Gasteiger partial charge in [0.25, 0.3) is 0 Å². The molecular weight excluding hydrogens is 508 g/mol. The van der Waals surface area contributed by atoms with E-state index in [0.29, 0.717) is 0 Å². The maximum absolute atomic E-state index is 4.41. The fraction of sp³-hybridized carbons (Fsp3) is 0.182. The maximum atomic E-state index is 4.41. The van der Waals surface area contributed by atoms with E-state index in [2.05, 4.69) is 86.7 Å². The Labute approximate surface area is 192 Å². The second kappa shape index (κ2) is 9.95. The average Bonchev–Trinajstić information content (AvgIpc) is 3.42. The number of nitrogens with zero attached hydrogens (tertiary/aromatic N) is 2. The molecule has 0 amide bonds. The van der Waals surface area contributed by atoms with Crippen molar-refractivity contribution in [1.29, 1.82) is 0 Å². The van der Waals surface area contributed by atoms with Gasteiger partial charge in [0.2, 0.25) is 11.9 Å². The summed E-state index contributed by atoms with van der Waals surface area (Å²) in [4.78, 5) is 15.4. The first-order valence-electron chi connectivity index (χ1n) is 9.77. The summed E-state index contributed by atoms with van der Waals surface area (Å²) in [7, 11) is 0. The van der Waals surface area contributed by atoms with Crippen molar-refractivity contribution in [2.45, 2.75) is 12.8 Å². The largest absolute Gasteiger partial charge is 0.356 e. The Bertz CT molecular complexity index is 982. The number of unbranched alkanes of at least 4 members (excludes halogenated alkanes) is 1. The van der Waals surface area contributed by atoms with E-state index in [9.17, 15) is 0 Å². The van der Waals surface area contributed by atoms with Gasteiger partial charge in [-0.2, -0.15) is 0 Å². The van der Waals surface area contributed by atoms with Crippen LogP contribution in [0.15, 0.2) is 69.9 Å². The number of rotatable bonds is 9. The molecule has 154 valence electrons. The second-order valence-corrected chi connectivity index (χ2v) is 8.70. The molecule has 0 aliphatic rings. The number of benzene rings is 2. The zero-order valence-corrected chi connectivity index (χ0v) is 19.4. The SMILES string of the molecule is Brc1ccc(-c2cnc(NCCCCNc3ncc(-c4ccc(Br)cc4)[nH]3)[nH]2)cc1. The predicted molar refractivity (Wildman–Crippen MR) is 130 cm³/mol. The number of H-pyrrole nitrogens is 2. The lowest BCUT2D eigenvalue weighted by Gasteiger charge is -2.05. The highest BCUT2D eigenvalue weighted by atomic mass is 79.9. The Kier molecular flexibility index (Phi) is 6.86. The minimum atomic E-state index is 0.797. The highest BCUT2D eigenvalue weighted by molar-refractivity contribution is 9.10. The Hall–Kier alpha value is -2.58. The van der Waals surface area contributed by atoms with E-state index >= 15 is 0 Å². The van der Waals surface area contributed by atoms with E-state index in [4.69, 9.17) is 0 Å². The molecule has 0 unspecified atom stereocenters. The van der Waals surface area contributed by atoms with Crippen molar-refractivity contribution < 1.29 is 0 Å². The second-order valence-electron chi connectivity index (χ2n) is 6.87. The minimum Gasteiger partial charge on any atom is -0.356 e. The van der Waals surface area contributed by atoms with Crippen LogP contribution in [0.2, 0.25) is 0 Å². The predicted octanol–water partition coefficient (Wildman–Crippen LogP) is 6.30. The normalized spacial score (nSPS) is 10.9. The van der Waals surface area contributed by atoms with Gasteiger partial charge in [0.05, 0.1) is 23.8 Å². The molecule has 0 aliphatic heterocycles. The number of aromatic nitrogens is 4. The molecule has 8 heteroatoms. The van der Waals surface area contributed by atoms with Gasteiger partial charge in [0.1, 0.15) is 0 Å². The smallest absolute Gasteiger partial charge is 0.200 e. The molecule has 0 saturated carbocycles. The van der Waals surface area contributed by atoms with E-state index in [-0.39, 0.29) is 0 Å². The summed E-state index contributed by atoms with van der Waals surface area (Å²) >= 11 is 6.91. The Morgan fingerprint density at radius 3 is 1.43 bits per heavy atom. The fourth-order valence-corrected chi connectivity index (χ4v) is 3.57. The summed E-state index contributed by atoms with van der Waals surface area (Å²) in [6.07, 6.45) is 5.77. The van der Waals surface area contributed by atoms with Crippen molar-refractivity contribution in [1.82, 2.24) is 19.9 Å². The van der Waals surface area contributed by atoms with Crippen LogP contribution >= 0.6 is 31.9 Å². The summed E-state index contributed by atoms with van der Waals surface area (Å²) in [6, 6.07) is 16.3. The van der Waals surface area contributed by atoms with Gasteiger partial charge >= 0.3 is 0 Å². The number of halogens is 2. The summed E-state index contributed by atoms with van der Waals surface area (Å²) in [5, 5.41) is 6.69. The highest BCUT2D eigenvalue weighted by Gasteiger charge is 2.04. The van der Waals surface area contributed by atoms with Crippen molar-refractivity contribution in [3.05, 3.63) is 69.9 Å². The third-order valence-electron chi connectivity index (χ3n) is 4.65. The summed E-state index contributed by atoms with van der Waals surface area (Å²) < 4.78 is 2.13. The zero-order valence-electron chi connectivity index (χ0n) is 16.3. The zero-order chi connectivity index (χ0) is 20.8. The average molecular weight is 530 g/mol. The number of hydrogen-bond donors (Lipinski definition) is 4. The van der Waals surface area contributed by atoms with Crippen LogP contribution in [-0.2, 0) is 0 Å². The molecule has 0 atom stereocenters. The van der Waals surface area contributed by atoms with Gasteiger partial charge in [-0.15, -0.1) is 0 Å². The van der Waals surface area contributed by atoms with Crippen LogP contribution in [0.5, 0.6) is 0 Å². The lowest BCUT2D eigenvalue weighted by molar-refractivity contribution is 0.788. The van der Waals surface area contributed by atoms with Crippen molar-refractivity contribution >= 4 is 43.8 Å². The number of anilines is 2. The molecular formula is C22H22Br2N6. The van der Waals surface area contributed by atoms with Gasteiger partial charge < -0.3 is 20.6 Å². The van der Waals surface area contributed by atoms with Crippen molar-refractivity contribution in [3.8, 4) is 22.5 Å². The number of imidazole rings is 2. The van der Waals surface area contributed by atoms with Crippen LogP contribution in [-0.4, -0.2) is 33.0 Å². The summed E-state index contributed by atoms with van der Waals surface area (Å²) in [5.74, 6) is 1.59. The van der Waals surface area contributed by atoms with Gasteiger partial charge in [-0.1, -0.05) is 56.1 Å². The van der Waals surface area contributed by atoms with E-state index in [1.54, 1.807) is 0 Å². The van der Waals surface area contributed by atoms with Crippen LogP contribution in [0, 0.1) is 0 Å². The topological polar surface area (TPSA) is 81.4 Å². The minimum absolute atomic E-state index is 0.797. The van der Waals surface area contributed by atoms with Gasteiger partial charge in [0.15, 0.2) is 0 Å². The molecule has 0 fully saturated rings. The van der Waals surface area contributed by atoms with Crippen molar-refractivity contribution in [3.63, 3.8) is 0 Å². The number of hydrogen-bond acceptors (Lipinski definition) is 4. The van der Waals surface area contributed by atoms with E-state index in [1.807, 2.05) is 36.7 Å². The van der Waals surface area contributed by atoms with Crippen LogP contribution in [0.4, 0.5) is 11.9 Å². The quantitative estimate of drug-likeness (QED) is 0.192. The molecule has 4 N–H and O–H groups in total. The third kappa shape index (κ3) is 5.52. The van der Waals surface area contributed by atoms with Crippen molar-refractivity contribution in [2.75, 3.05) is 23.7 Å². The fourth-order valence-electron chi connectivity index (χ4n) is 3.04. The summed E-state index contributed by atoms with van der Waals surface area (Å²) in [6.45, 7) is 1.72. The highest BCUT2D eigenvalue weighted by Crippen LogP contribution is 2.22. The standard InChI is InChI=1S/C22H22Br2N6/c23-17-7-3-15(4-8-17)19-13-27-21(29-19)25-11-1-2-12-26-22-28-14-20(30-22)16-5-9-18(24)10-6-16/h3-10,13-14H,1-2,11-12H2,(H2,25,27,29)(H2,26,28,30). The first-order chi connectivity index (χ1) is 14.7. The summed E-state index contributed by atoms with van der Waals surface area (Å²) in [5.41, 5.74) is 4.24. The third-order valence-corrected chi connectivity index (χ3v) is 5.71. The monoisotopic (exact) mass is 528 g/mol. The van der Waals surface area contributed by atoms with E-state index in [1.165, 1.54) is 0 Å². The van der Waals surface area contributed by atoms with Gasteiger partial charge in [-0.05, 0) is 48.2 Å². The molecule has 0 spiro atoms. The van der Waals surface area contributed by atoms with Gasteiger partial charge in [-0.25, -0.2) is 9.97 Å². The van der Waals surface area contributed by atoms with E-state index < -0.39 is 0 Å². The molecule has 0 radical (unpaired) electrons. The molecule has 4 rings (SSSR count). The molecule has 4 aromatic rings. The Balaban J connectivity index is 1.17. The molecule has 2 aromatic heterocycles. The molecule has 2 heterocycles. The molecule has 6 nitrogen and oxygen atoms in total. The van der Waals surface area contributed by atoms with E-state index in [0.717, 1.165) is 69.3 Å². The van der Waals surface area contributed by atoms with Gasteiger partial charge in [-0.3, -0.25) is 0 Å². The van der Waals surface area contributed by atoms with Crippen LogP contribution in [0.1, 0.15) is 12.8 Å².